The molecule has 0 saturated heterocycles. The van der Waals surface area contributed by atoms with Gasteiger partial charge in [-0.25, -0.2) is 0 Å². The largest absolute Gasteiger partial charge is 0.391 e. The molecule has 1 aromatic heterocycles. The first kappa shape index (κ1) is 16.3. The number of carbonyl (C=O) groups is 1. The van der Waals surface area contributed by atoms with Crippen LogP contribution in [0.15, 0.2) is 60.8 Å². The van der Waals surface area contributed by atoms with Gasteiger partial charge in [-0.2, -0.15) is 0 Å². The van der Waals surface area contributed by atoms with Crippen LogP contribution in [0.1, 0.15) is 17.5 Å². The molecule has 24 heavy (non-hydrogen) atoms. The molecule has 0 bridgehead atoms. The number of para-hydroxylation sites is 1. The van der Waals surface area contributed by atoms with Crippen LogP contribution in [0.25, 0.3) is 10.9 Å². The summed E-state index contributed by atoms with van der Waals surface area (Å²) in [5, 5.41) is 14.0. The summed E-state index contributed by atoms with van der Waals surface area (Å²) in [6.45, 7) is 0.279. The van der Waals surface area contributed by atoms with Crippen molar-refractivity contribution in [2.45, 2.75) is 25.4 Å². The summed E-state index contributed by atoms with van der Waals surface area (Å²) in [4.78, 5) is 15.2. The molecule has 124 valence electrons. The summed E-state index contributed by atoms with van der Waals surface area (Å²) in [7, 11) is 0. The molecule has 4 heteroatoms. The van der Waals surface area contributed by atoms with Gasteiger partial charge in [0, 0.05) is 36.5 Å². The molecule has 4 nitrogen and oxygen atoms in total. The summed E-state index contributed by atoms with van der Waals surface area (Å²) in [6, 6.07) is 17.9. The first-order valence-electron chi connectivity index (χ1n) is 8.26. The van der Waals surface area contributed by atoms with Crippen molar-refractivity contribution in [3.8, 4) is 0 Å². The maximum Gasteiger partial charge on any atom is 0.220 e. The van der Waals surface area contributed by atoms with Crippen LogP contribution >= 0.6 is 0 Å². The summed E-state index contributed by atoms with van der Waals surface area (Å²) in [5.74, 6) is -0.0348. The van der Waals surface area contributed by atoms with Gasteiger partial charge < -0.3 is 15.4 Å². The van der Waals surface area contributed by atoms with E-state index in [9.17, 15) is 9.90 Å². The molecule has 2 aromatic carbocycles. The van der Waals surface area contributed by atoms with Crippen LogP contribution < -0.4 is 5.32 Å². The summed E-state index contributed by atoms with van der Waals surface area (Å²) in [6.07, 6.45) is 3.04. The number of aliphatic hydroxyl groups excluding tert-OH is 1. The Balaban J connectivity index is 1.44. The van der Waals surface area contributed by atoms with Crippen LogP contribution in [0.2, 0.25) is 0 Å². The van der Waals surface area contributed by atoms with Gasteiger partial charge in [0.1, 0.15) is 0 Å². The molecular weight excluding hydrogens is 300 g/mol. The van der Waals surface area contributed by atoms with Crippen molar-refractivity contribution >= 4 is 16.8 Å². The van der Waals surface area contributed by atoms with Gasteiger partial charge in [0.2, 0.25) is 5.91 Å². The molecule has 0 saturated carbocycles. The van der Waals surface area contributed by atoms with Crippen LogP contribution in [0, 0.1) is 0 Å². The lowest BCUT2D eigenvalue weighted by Gasteiger charge is -2.12. The SMILES string of the molecule is O=C(CCc1c[nH]c2ccccc12)NCC(O)Cc1ccccc1. The smallest absolute Gasteiger partial charge is 0.220 e. The zero-order chi connectivity index (χ0) is 16.8. The molecule has 1 heterocycles. The van der Waals surface area contributed by atoms with E-state index in [-0.39, 0.29) is 12.5 Å². The Morgan fingerprint density at radius 3 is 2.67 bits per heavy atom. The number of fused-ring (bicyclic) bond motifs is 1. The topological polar surface area (TPSA) is 65.1 Å². The lowest BCUT2D eigenvalue weighted by molar-refractivity contribution is -0.121. The van der Waals surface area contributed by atoms with Gasteiger partial charge in [-0.3, -0.25) is 4.79 Å². The molecule has 0 radical (unpaired) electrons. The Morgan fingerprint density at radius 1 is 1.08 bits per heavy atom. The number of hydrogen-bond donors (Lipinski definition) is 3. The monoisotopic (exact) mass is 322 g/mol. The number of aromatic amines is 1. The zero-order valence-corrected chi connectivity index (χ0v) is 13.5. The fourth-order valence-electron chi connectivity index (χ4n) is 2.87. The number of benzene rings is 2. The standard InChI is InChI=1S/C20H22N2O2/c23-17(12-15-6-2-1-3-7-15)14-22-20(24)11-10-16-13-21-19-9-5-4-8-18(16)19/h1-9,13,17,21,23H,10-12,14H2,(H,22,24). The molecule has 3 aromatic rings. The third-order valence-electron chi connectivity index (χ3n) is 4.15. The van der Waals surface area contributed by atoms with Crippen LogP contribution in [0.3, 0.4) is 0 Å². The molecule has 0 aliphatic carbocycles. The van der Waals surface area contributed by atoms with E-state index < -0.39 is 6.10 Å². The van der Waals surface area contributed by atoms with Gasteiger partial charge in [0.25, 0.3) is 0 Å². The van der Waals surface area contributed by atoms with Gasteiger partial charge >= 0.3 is 0 Å². The Labute approximate surface area is 141 Å². The minimum atomic E-state index is -0.565. The molecule has 1 unspecified atom stereocenters. The number of H-pyrrole nitrogens is 1. The van der Waals surface area contributed by atoms with Gasteiger partial charge in [0.05, 0.1) is 6.10 Å². The third kappa shape index (κ3) is 4.24. The lowest BCUT2D eigenvalue weighted by atomic mass is 10.1. The fourth-order valence-corrected chi connectivity index (χ4v) is 2.87. The number of carbonyl (C=O) groups excluding carboxylic acids is 1. The van der Waals surface area contributed by atoms with Gasteiger partial charge in [0.15, 0.2) is 0 Å². The van der Waals surface area contributed by atoms with Crippen LogP contribution in [0.5, 0.6) is 0 Å². The second-order valence-electron chi connectivity index (χ2n) is 6.01. The van der Waals surface area contributed by atoms with E-state index in [0.29, 0.717) is 19.3 Å². The second kappa shape index (κ2) is 7.79. The van der Waals surface area contributed by atoms with Crippen molar-refractivity contribution in [2.24, 2.45) is 0 Å². The molecule has 0 aliphatic rings. The number of hydrogen-bond acceptors (Lipinski definition) is 2. The highest BCUT2D eigenvalue weighted by Gasteiger charge is 2.09. The average molecular weight is 322 g/mol. The van der Waals surface area contributed by atoms with Crippen molar-refractivity contribution < 1.29 is 9.90 Å². The number of amides is 1. The van der Waals surface area contributed by atoms with E-state index in [0.717, 1.165) is 22.0 Å². The highest BCUT2D eigenvalue weighted by atomic mass is 16.3. The highest BCUT2D eigenvalue weighted by molar-refractivity contribution is 5.84. The number of rotatable bonds is 7. The summed E-state index contributed by atoms with van der Waals surface area (Å²) < 4.78 is 0. The summed E-state index contributed by atoms with van der Waals surface area (Å²) >= 11 is 0. The Hall–Kier alpha value is -2.59. The maximum atomic E-state index is 12.0. The normalized spacial score (nSPS) is 12.2. The minimum Gasteiger partial charge on any atom is -0.391 e. The van der Waals surface area contributed by atoms with E-state index in [4.69, 9.17) is 0 Å². The van der Waals surface area contributed by atoms with E-state index in [2.05, 4.69) is 16.4 Å². The predicted molar refractivity (Wildman–Crippen MR) is 95.8 cm³/mol. The lowest BCUT2D eigenvalue weighted by Crippen LogP contribution is -2.33. The maximum absolute atomic E-state index is 12.0. The number of nitrogens with one attached hydrogen (secondary N) is 2. The first-order chi connectivity index (χ1) is 11.7. The van der Waals surface area contributed by atoms with Crippen molar-refractivity contribution in [1.29, 1.82) is 0 Å². The molecule has 3 N–H and O–H groups in total. The van der Waals surface area contributed by atoms with E-state index in [1.165, 1.54) is 0 Å². The minimum absolute atomic E-state index is 0.0348. The van der Waals surface area contributed by atoms with E-state index in [1.807, 2.05) is 54.7 Å². The van der Waals surface area contributed by atoms with Crippen LogP contribution in [-0.4, -0.2) is 28.6 Å². The molecule has 1 atom stereocenters. The van der Waals surface area contributed by atoms with Gasteiger partial charge in [-0.1, -0.05) is 48.5 Å². The zero-order valence-electron chi connectivity index (χ0n) is 13.5. The number of aliphatic hydroxyl groups is 1. The highest BCUT2D eigenvalue weighted by Crippen LogP contribution is 2.18. The number of aromatic nitrogens is 1. The average Bonchev–Trinajstić information content (AvgIpc) is 3.02. The van der Waals surface area contributed by atoms with Crippen LogP contribution in [-0.2, 0) is 17.6 Å². The Morgan fingerprint density at radius 2 is 1.83 bits per heavy atom. The Kier molecular flexibility index (Phi) is 5.29. The molecule has 0 aliphatic heterocycles. The quantitative estimate of drug-likeness (QED) is 0.626. The summed E-state index contributed by atoms with van der Waals surface area (Å²) in [5.41, 5.74) is 3.30. The molecule has 3 rings (SSSR count). The second-order valence-corrected chi connectivity index (χ2v) is 6.01. The van der Waals surface area contributed by atoms with E-state index >= 15 is 0 Å². The fraction of sp³-hybridized carbons (Fsp3) is 0.250. The van der Waals surface area contributed by atoms with Gasteiger partial charge in [-0.05, 0) is 23.6 Å². The third-order valence-corrected chi connectivity index (χ3v) is 4.15. The molecule has 0 fully saturated rings. The molecule has 0 spiro atoms. The molecule has 1 amide bonds. The van der Waals surface area contributed by atoms with Crippen molar-refractivity contribution in [3.05, 3.63) is 71.9 Å². The van der Waals surface area contributed by atoms with Crippen molar-refractivity contribution in [3.63, 3.8) is 0 Å². The van der Waals surface area contributed by atoms with Crippen molar-refractivity contribution in [1.82, 2.24) is 10.3 Å². The van der Waals surface area contributed by atoms with Crippen molar-refractivity contribution in [2.75, 3.05) is 6.54 Å². The predicted octanol–water partition coefficient (Wildman–Crippen LogP) is 2.82. The van der Waals surface area contributed by atoms with Gasteiger partial charge in [-0.15, -0.1) is 0 Å². The van der Waals surface area contributed by atoms with E-state index in [1.54, 1.807) is 0 Å². The molecular formula is C20H22N2O2. The Bertz CT molecular complexity index is 796. The first-order valence-corrected chi connectivity index (χ1v) is 8.26. The van der Waals surface area contributed by atoms with Crippen LogP contribution in [0.4, 0.5) is 0 Å². The number of aryl methyl sites for hydroxylation is 1.